The van der Waals surface area contributed by atoms with Crippen molar-refractivity contribution in [2.24, 2.45) is 0 Å². The van der Waals surface area contributed by atoms with Gasteiger partial charge in [-0.2, -0.15) is 0 Å². The van der Waals surface area contributed by atoms with Gasteiger partial charge in [-0.3, -0.25) is 0 Å². The molecule has 0 spiro atoms. The molecule has 0 bridgehead atoms. The van der Waals surface area contributed by atoms with Gasteiger partial charge in [0.15, 0.2) is 0 Å². The van der Waals surface area contributed by atoms with E-state index in [9.17, 15) is 9.18 Å². The molecule has 1 aromatic rings. The van der Waals surface area contributed by atoms with Crippen molar-refractivity contribution in [3.05, 3.63) is 29.6 Å². The van der Waals surface area contributed by atoms with Crippen molar-refractivity contribution < 1.29 is 14.3 Å². The highest BCUT2D eigenvalue weighted by Crippen LogP contribution is 2.16. The normalized spacial score (nSPS) is 9.77. The predicted octanol–water partition coefficient (Wildman–Crippen LogP) is 1.59. The zero-order valence-electron chi connectivity index (χ0n) is 7.41. The second-order valence-electron chi connectivity index (χ2n) is 2.86. The summed E-state index contributed by atoms with van der Waals surface area (Å²) in [5, 5.41) is 8.54. The number of aromatic carboxylic acids is 1. The van der Waals surface area contributed by atoms with Crippen LogP contribution in [0.3, 0.4) is 0 Å². The van der Waals surface area contributed by atoms with Crippen molar-refractivity contribution >= 4 is 11.7 Å². The third-order valence-corrected chi connectivity index (χ3v) is 1.70. The Balaban J connectivity index is 3.13. The van der Waals surface area contributed by atoms with Crippen LogP contribution >= 0.6 is 0 Å². The molecule has 4 heteroatoms. The van der Waals surface area contributed by atoms with Gasteiger partial charge in [0.05, 0.1) is 5.56 Å². The molecular weight excluding hydrogens is 173 g/mol. The van der Waals surface area contributed by atoms with E-state index in [1.165, 1.54) is 12.1 Å². The zero-order valence-corrected chi connectivity index (χ0v) is 7.41. The van der Waals surface area contributed by atoms with Crippen molar-refractivity contribution in [2.45, 2.75) is 0 Å². The Morgan fingerprint density at radius 1 is 1.46 bits per heavy atom. The molecule has 70 valence electrons. The number of carbonyl (C=O) groups is 1. The molecule has 0 aliphatic rings. The Morgan fingerprint density at radius 3 is 2.46 bits per heavy atom. The minimum Gasteiger partial charge on any atom is -0.478 e. The van der Waals surface area contributed by atoms with Gasteiger partial charge in [-0.25, -0.2) is 9.18 Å². The molecule has 0 fully saturated rings. The van der Waals surface area contributed by atoms with E-state index < -0.39 is 11.8 Å². The van der Waals surface area contributed by atoms with Crippen molar-refractivity contribution in [1.29, 1.82) is 0 Å². The molecule has 0 heterocycles. The van der Waals surface area contributed by atoms with Crippen molar-refractivity contribution in [3.8, 4) is 0 Å². The molecule has 1 N–H and O–H groups in total. The molecule has 1 aromatic carbocycles. The van der Waals surface area contributed by atoms with Gasteiger partial charge in [-0.15, -0.1) is 0 Å². The van der Waals surface area contributed by atoms with Crippen molar-refractivity contribution in [1.82, 2.24) is 0 Å². The third kappa shape index (κ3) is 1.96. The second-order valence-corrected chi connectivity index (χ2v) is 2.86. The molecule has 0 saturated carbocycles. The highest BCUT2D eigenvalue weighted by atomic mass is 19.1. The summed E-state index contributed by atoms with van der Waals surface area (Å²) in [4.78, 5) is 12.2. The van der Waals surface area contributed by atoms with Gasteiger partial charge in [0.25, 0.3) is 0 Å². The van der Waals surface area contributed by atoms with Gasteiger partial charge in [0.2, 0.25) is 0 Å². The number of hydrogen-bond donors (Lipinski definition) is 1. The lowest BCUT2D eigenvalue weighted by Gasteiger charge is -2.12. The average molecular weight is 183 g/mol. The number of benzene rings is 1. The molecular formula is C9H10FNO2. The van der Waals surface area contributed by atoms with E-state index >= 15 is 0 Å². The first-order chi connectivity index (χ1) is 6.02. The van der Waals surface area contributed by atoms with Gasteiger partial charge in [0.1, 0.15) is 5.82 Å². The second kappa shape index (κ2) is 3.43. The van der Waals surface area contributed by atoms with Crippen LogP contribution in [0.25, 0.3) is 0 Å². The number of halogens is 1. The largest absolute Gasteiger partial charge is 0.478 e. The number of carboxylic acid groups (broad SMARTS) is 1. The van der Waals surface area contributed by atoms with Crippen LogP contribution in [0.5, 0.6) is 0 Å². The number of carboxylic acids is 1. The molecule has 0 aromatic heterocycles. The third-order valence-electron chi connectivity index (χ3n) is 1.70. The van der Waals surface area contributed by atoms with E-state index in [4.69, 9.17) is 5.11 Å². The fourth-order valence-corrected chi connectivity index (χ4v) is 0.956. The lowest BCUT2D eigenvalue weighted by molar-refractivity contribution is 0.0692. The molecule has 0 atom stereocenters. The molecule has 0 saturated heterocycles. The number of nitrogens with zero attached hydrogens (tertiary/aromatic N) is 1. The fourth-order valence-electron chi connectivity index (χ4n) is 0.956. The minimum absolute atomic E-state index is 0.300. The topological polar surface area (TPSA) is 40.5 Å². The van der Waals surface area contributed by atoms with Gasteiger partial charge in [0, 0.05) is 19.8 Å². The van der Waals surface area contributed by atoms with Crippen LogP contribution in [0.1, 0.15) is 10.4 Å². The summed E-state index contributed by atoms with van der Waals surface area (Å²) < 4.78 is 13.1. The summed E-state index contributed by atoms with van der Waals surface area (Å²) in [5.41, 5.74) is 0.341. The Bertz CT molecular complexity index is 336. The first kappa shape index (κ1) is 9.51. The molecule has 13 heavy (non-hydrogen) atoms. The van der Waals surface area contributed by atoms with Gasteiger partial charge in [-0.05, 0) is 18.2 Å². The van der Waals surface area contributed by atoms with Crippen LogP contribution < -0.4 is 4.90 Å². The SMILES string of the molecule is CN(C)c1ccc(C(=O)O)c(F)c1. The molecule has 0 radical (unpaired) electrons. The molecule has 3 nitrogen and oxygen atoms in total. The van der Waals surface area contributed by atoms with Gasteiger partial charge >= 0.3 is 5.97 Å². The fraction of sp³-hybridized carbons (Fsp3) is 0.222. The van der Waals surface area contributed by atoms with E-state index in [0.29, 0.717) is 5.69 Å². The van der Waals surface area contributed by atoms with Crippen LogP contribution in [0.15, 0.2) is 18.2 Å². The maximum absolute atomic E-state index is 13.1. The molecule has 0 aliphatic heterocycles. The Kier molecular flexibility index (Phi) is 2.51. The summed E-state index contributed by atoms with van der Waals surface area (Å²) in [6.45, 7) is 0. The van der Waals surface area contributed by atoms with E-state index in [0.717, 1.165) is 0 Å². The maximum atomic E-state index is 13.1. The van der Waals surface area contributed by atoms with Gasteiger partial charge in [-0.1, -0.05) is 0 Å². The van der Waals surface area contributed by atoms with Crippen LogP contribution in [0, 0.1) is 5.82 Å². The maximum Gasteiger partial charge on any atom is 0.338 e. The molecule has 0 aliphatic carbocycles. The van der Waals surface area contributed by atoms with E-state index in [1.54, 1.807) is 25.1 Å². The predicted molar refractivity (Wildman–Crippen MR) is 47.7 cm³/mol. The summed E-state index contributed by atoms with van der Waals surface area (Å²) in [6, 6.07) is 4.02. The van der Waals surface area contributed by atoms with Crippen LogP contribution in [-0.4, -0.2) is 25.2 Å². The molecule has 0 unspecified atom stereocenters. The summed E-state index contributed by atoms with van der Waals surface area (Å²) in [5.74, 6) is -1.96. The van der Waals surface area contributed by atoms with Crippen LogP contribution in [0.2, 0.25) is 0 Å². The smallest absolute Gasteiger partial charge is 0.338 e. The Morgan fingerprint density at radius 2 is 2.08 bits per heavy atom. The van der Waals surface area contributed by atoms with E-state index in [1.807, 2.05) is 0 Å². The Hall–Kier alpha value is -1.58. The summed E-state index contributed by atoms with van der Waals surface area (Å²) in [7, 11) is 3.52. The lowest BCUT2D eigenvalue weighted by Crippen LogP contribution is -2.10. The Labute approximate surface area is 75.4 Å². The monoisotopic (exact) mass is 183 g/mol. The average Bonchev–Trinajstić information content (AvgIpc) is 2.03. The lowest BCUT2D eigenvalue weighted by atomic mass is 10.2. The van der Waals surface area contributed by atoms with Crippen LogP contribution in [-0.2, 0) is 0 Å². The van der Waals surface area contributed by atoms with Crippen molar-refractivity contribution in [3.63, 3.8) is 0 Å². The quantitative estimate of drug-likeness (QED) is 0.756. The first-order valence-corrected chi connectivity index (χ1v) is 3.72. The van der Waals surface area contributed by atoms with Crippen molar-refractivity contribution in [2.75, 3.05) is 19.0 Å². The first-order valence-electron chi connectivity index (χ1n) is 3.72. The number of anilines is 1. The summed E-state index contributed by atoms with van der Waals surface area (Å²) in [6.07, 6.45) is 0. The highest BCUT2D eigenvalue weighted by molar-refractivity contribution is 5.88. The zero-order chi connectivity index (χ0) is 10.0. The van der Waals surface area contributed by atoms with E-state index in [2.05, 4.69) is 0 Å². The summed E-state index contributed by atoms with van der Waals surface area (Å²) >= 11 is 0. The minimum atomic E-state index is -1.25. The van der Waals surface area contributed by atoms with Gasteiger partial charge < -0.3 is 10.0 Å². The molecule has 1 rings (SSSR count). The standard InChI is InChI=1S/C9H10FNO2/c1-11(2)6-3-4-7(9(12)13)8(10)5-6/h3-5H,1-2H3,(H,12,13). The number of rotatable bonds is 2. The number of hydrogen-bond acceptors (Lipinski definition) is 2. The van der Waals surface area contributed by atoms with Crippen LogP contribution in [0.4, 0.5) is 10.1 Å². The molecule has 0 amide bonds. The highest BCUT2D eigenvalue weighted by Gasteiger charge is 2.10. The van der Waals surface area contributed by atoms with E-state index in [-0.39, 0.29) is 5.56 Å².